The fraction of sp³-hybridized carbons (Fsp3) is 0.318. The lowest BCUT2D eigenvalue weighted by molar-refractivity contribution is -0.118. The van der Waals surface area contributed by atoms with Gasteiger partial charge in [-0.3, -0.25) is 4.79 Å². The average Bonchev–Trinajstić information content (AvgIpc) is 2.66. The van der Waals surface area contributed by atoms with Crippen LogP contribution in [-0.4, -0.2) is 27.5 Å². The van der Waals surface area contributed by atoms with Crippen LogP contribution >= 0.6 is 0 Å². The van der Waals surface area contributed by atoms with Crippen molar-refractivity contribution in [1.29, 1.82) is 0 Å². The molecule has 0 spiro atoms. The molecule has 0 saturated carbocycles. The highest BCUT2D eigenvalue weighted by atomic mass is 32.2. The maximum atomic E-state index is 12.1. The molecule has 0 heterocycles. The zero-order valence-electron chi connectivity index (χ0n) is 17.1. The molecule has 7 heteroatoms. The highest BCUT2D eigenvalue weighted by Crippen LogP contribution is 2.24. The lowest BCUT2D eigenvalue weighted by Gasteiger charge is -2.19. The van der Waals surface area contributed by atoms with Crippen molar-refractivity contribution >= 4 is 21.6 Å². The molecule has 0 atom stereocenters. The Hall–Kier alpha value is -2.64. The molecule has 0 aromatic heterocycles. The van der Waals surface area contributed by atoms with Gasteiger partial charge in [-0.25, -0.2) is 13.1 Å². The maximum Gasteiger partial charge on any atom is 0.262 e. The summed E-state index contributed by atoms with van der Waals surface area (Å²) in [6.07, 6.45) is 1.48. The first-order chi connectivity index (χ1) is 13.6. The second kappa shape index (κ2) is 9.71. The molecule has 0 bridgehead atoms. The highest BCUT2D eigenvalue weighted by molar-refractivity contribution is 7.88. The minimum absolute atomic E-state index is 0.0586. The van der Waals surface area contributed by atoms with Gasteiger partial charge in [-0.15, -0.1) is 6.58 Å². The minimum atomic E-state index is -3.41. The Morgan fingerprint density at radius 2 is 1.69 bits per heavy atom. The van der Waals surface area contributed by atoms with E-state index in [9.17, 15) is 13.2 Å². The van der Waals surface area contributed by atoms with E-state index in [4.69, 9.17) is 4.74 Å². The second-order valence-electron chi connectivity index (χ2n) is 7.70. The van der Waals surface area contributed by atoms with E-state index >= 15 is 0 Å². The van der Waals surface area contributed by atoms with Crippen molar-refractivity contribution in [3.8, 4) is 5.75 Å². The molecule has 2 aromatic carbocycles. The first-order valence-electron chi connectivity index (χ1n) is 9.29. The summed E-state index contributed by atoms with van der Waals surface area (Å²) in [4.78, 5) is 12.1. The van der Waals surface area contributed by atoms with Crippen molar-refractivity contribution in [1.82, 2.24) is 4.72 Å². The summed E-state index contributed by atoms with van der Waals surface area (Å²) < 4.78 is 31.7. The van der Waals surface area contributed by atoms with Gasteiger partial charge in [-0.1, -0.05) is 51.1 Å². The number of sulfonamides is 1. The molecule has 0 saturated heterocycles. The lowest BCUT2D eigenvalue weighted by Crippen LogP contribution is -2.25. The van der Waals surface area contributed by atoms with Gasteiger partial charge in [-0.05, 0) is 40.8 Å². The largest absolute Gasteiger partial charge is 0.484 e. The lowest BCUT2D eigenvalue weighted by atomic mass is 9.87. The number of anilines is 1. The van der Waals surface area contributed by atoms with E-state index in [2.05, 4.69) is 37.4 Å². The number of carbonyl (C=O) groups is 1. The molecule has 0 radical (unpaired) electrons. The van der Waals surface area contributed by atoms with Gasteiger partial charge in [-0.2, -0.15) is 0 Å². The van der Waals surface area contributed by atoms with Crippen LogP contribution in [-0.2, 0) is 26.0 Å². The van der Waals surface area contributed by atoms with Crippen molar-refractivity contribution in [2.75, 3.05) is 18.5 Å². The molecule has 1 amide bonds. The van der Waals surface area contributed by atoms with Crippen LogP contribution < -0.4 is 14.8 Å². The molecule has 0 aliphatic carbocycles. The number of hydrogen-bond acceptors (Lipinski definition) is 4. The van der Waals surface area contributed by atoms with Gasteiger partial charge >= 0.3 is 0 Å². The Morgan fingerprint density at radius 1 is 1.07 bits per heavy atom. The van der Waals surface area contributed by atoms with Gasteiger partial charge in [0, 0.05) is 12.2 Å². The van der Waals surface area contributed by atoms with Crippen LogP contribution in [0.5, 0.6) is 5.75 Å². The van der Waals surface area contributed by atoms with E-state index < -0.39 is 10.0 Å². The van der Waals surface area contributed by atoms with Gasteiger partial charge in [0.1, 0.15) is 5.75 Å². The van der Waals surface area contributed by atoms with Crippen LogP contribution in [0.1, 0.15) is 31.9 Å². The van der Waals surface area contributed by atoms with Gasteiger partial charge in [0.05, 0.1) is 5.75 Å². The number of rotatable bonds is 9. The molecule has 0 unspecified atom stereocenters. The summed E-state index contributed by atoms with van der Waals surface area (Å²) in [7, 11) is -3.41. The molecule has 0 fully saturated rings. The third kappa shape index (κ3) is 7.71. The molecule has 0 aliphatic heterocycles. The van der Waals surface area contributed by atoms with E-state index in [1.54, 1.807) is 24.3 Å². The molecule has 29 heavy (non-hydrogen) atoms. The van der Waals surface area contributed by atoms with Gasteiger partial charge < -0.3 is 10.1 Å². The Morgan fingerprint density at radius 3 is 2.24 bits per heavy atom. The highest BCUT2D eigenvalue weighted by Gasteiger charge is 2.13. The van der Waals surface area contributed by atoms with Crippen molar-refractivity contribution in [3.63, 3.8) is 0 Å². The molecular formula is C22H28N2O4S. The van der Waals surface area contributed by atoms with E-state index in [1.165, 1.54) is 11.6 Å². The minimum Gasteiger partial charge on any atom is -0.484 e. The first kappa shape index (κ1) is 22.6. The number of ether oxygens (including phenoxy) is 1. The topological polar surface area (TPSA) is 84.5 Å². The van der Waals surface area contributed by atoms with Crippen LogP contribution in [0.25, 0.3) is 0 Å². The van der Waals surface area contributed by atoms with Gasteiger partial charge in [0.2, 0.25) is 10.0 Å². The summed E-state index contributed by atoms with van der Waals surface area (Å²) in [5, 5.41) is 2.73. The Kier molecular flexibility index (Phi) is 7.59. The Balaban J connectivity index is 1.85. The number of nitrogens with one attached hydrogen (secondary N) is 2. The number of benzene rings is 2. The van der Waals surface area contributed by atoms with Crippen molar-refractivity contribution < 1.29 is 17.9 Å². The van der Waals surface area contributed by atoms with Crippen LogP contribution in [0.4, 0.5) is 5.69 Å². The van der Waals surface area contributed by atoms with E-state index in [-0.39, 0.29) is 30.2 Å². The van der Waals surface area contributed by atoms with E-state index in [0.717, 1.165) is 0 Å². The average molecular weight is 417 g/mol. The van der Waals surface area contributed by atoms with Gasteiger partial charge in [0.15, 0.2) is 6.61 Å². The predicted molar refractivity (Wildman–Crippen MR) is 117 cm³/mol. The fourth-order valence-electron chi connectivity index (χ4n) is 2.54. The third-order valence-electron chi connectivity index (χ3n) is 4.13. The Bertz CT molecular complexity index is 928. The monoisotopic (exact) mass is 416 g/mol. The molecule has 0 aliphatic rings. The zero-order chi connectivity index (χ0) is 21.5. The summed E-state index contributed by atoms with van der Waals surface area (Å²) in [5.41, 5.74) is 2.44. The summed E-state index contributed by atoms with van der Waals surface area (Å²) in [5.74, 6) is 0.196. The number of amides is 1. The SMILES string of the molecule is C=CCNS(=O)(=O)Cc1ccc(NC(=O)COc2ccc(C(C)(C)C)cc2)cc1. The first-order valence-corrected chi connectivity index (χ1v) is 10.9. The summed E-state index contributed by atoms with van der Waals surface area (Å²) in [6, 6.07) is 14.3. The third-order valence-corrected chi connectivity index (χ3v) is 5.45. The van der Waals surface area contributed by atoms with Crippen molar-refractivity contribution in [2.24, 2.45) is 0 Å². The molecule has 2 aromatic rings. The van der Waals surface area contributed by atoms with Crippen LogP contribution in [0, 0.1) is 0 Å². The van der Waals surface area contributed by atoms with E-state index in [0.29, 0.717) is 17.0 Å². The maximum absolute atomic E-state index is 12.1. The zero-order valence-corrected chi connectivity index (χ0v) is 17.9. The second-order valence-corrected chi connectivity index (χ2v) is 9.51. The van der Waals surface area contributed by atoms with Crippen molar-refractivity contribution in [3.05, 3.63) is 72.3 Å². The Labute approximate surface area is 173 Å². The molecule has 156 valence electrons. The van der Waals surface area contributed by atoms with Crippen LogP contribution in [0.2, 0.25) is 0 Å². The standard InChI is InChI=1S/C22H28N2O4S/c1-5-14-23-29(26,27)16-17-6-10-19(11-7-17)24-21(25)15-28-20-12-8-18(9-13-20)22(2,3)4/h5-13,23H,1,14-16H2,2-4H3,(H,24,25). The van der Waals surface area contributed by atoms with Crippen molar-refractivity contribution in [2.45, 2.75) is 31.9 Å². The predicted octanol–water partition coefficient (Wildman–Crippen LogP) is 3.61. The molecule has 2 rings (SSSR count). The fourth-order valence-corrected chi connectivity index (χ4v) is 3.64. The molecule has 6 nitrogen and oxygen atoms in total. The van der Waals surface area contributed by atoms with E-state index in [1.807, 2.05) is 24.3 Å². The smallest absolute Gasteiger partial charge is 0.262 e. The number of carbonyl (C=O) groups excluding carboxylic acids is 1. The number of hydrogen-bond donors (Lipinski definition) is 2. The van der Waals surface area contributed by atoms with Crippen LogP contribution in [0.3, 0.4) is 0 Å². The summed E-state index contributed by atoms with van der Waals surface area (Å²) in [6.45, 7) is 9.96. The van der Waals surface area contributed by atoms with Crippen LogP contribution in [0.15, 0.2) is 61.2 Å². The molecule has 2 N–H and O–H groups in total. The van der Waals surface area contributed by atoms with Gasteiger partial charge in [0.25, 0.3) is 5.91 Å². The summed E-state index contributed by atoms with van der Waals surface area (Å²) >= 11 is 0. The quantitative estimate of drug-likeness (QED) is 0.612. The normalized spacial score (nSPS) is 11.7. The molecular weight excluding hydrogens is 388 g/mol.